The summed E-state index contributed by atoms with van der Waals surface area (Å²) in [7, 11) is 3.36. The third-order valence-corrected chi connectivity index (χ3v) is 4.62. The lowest BCUT2D eigenvalue weighted by Gasteiger charge is -2.47. The molecule has 0 saturated heterocycles. The van der Waals surface area contributed by atoms with Crippen molar-refractivity contribution in [2.45, 2.75) is 49.9 Å². The molecule has 0 amide bonds. The quantitative estimate of drug-likeness (QED) is 0.903. The average molecular weight is 278 g/mol. The van der Waals surface area contributed by atoms with Gasteiger partial charge >= 0.3 is 0 Å². The first kappa shape index (κ1) is 13.7. The Kier molecular flexibility index (Phi) is 3.61. The predicted molar refractivity (Wildman–Crippen MR) is 75.2 cm³/mol. The third-order valence-electron chi connectivity index (χ3n) is 4.62. The van der Waals surface area contributed by atoms with Gasteiger partial charge < -0.3 is 19.3 Å². The number of rotatable bonds is 2. The molecule has 1 fully saturated rings. The molecular weight excluding hydrogens is 256 g/mol. The van der Waals surface area contributed by atoms with Crippen LogP contribution in [0.1, 0.15) is 43.8 Å². The SMILES string of the molecule is COc1ccc2c(c1)OC1(CCCCC1OC)C[C@H]2O. The second kappa shape index (κ2) is 5.26. The van der Waals surface area contributed by atoms with Crippen LogP contribution < -0.4 is 9.47 Å². The first-order valence-corrected chi connectivity index (χ1v) is 7.26. The molecule has 4 nitrogen and oxygen atoms in total. The monoisotopic (exact) mass is 278 g/mol. The van der Waals surface area contributed by atoms with E-state index in [1.165, 1.54) is 0 Å². The molecule has 2 aliphatic rings. The molecule has 1 heterocycles. The minimum absolute atomic E-state index is 0.0465. The fourth-order valence-electron chi connectivity index (χ4n) is 3.56. The van der Waals surface area contributed by atoms with Gasteiger partial charge in [0.1, 0.15) is 17.1 Å². The Morgan fingerprint density at radius 1 is 1.30 bits per heavy atom. The van der Waals surface area contributed by atoms with Crippen molar-refractivity contribution in [2.75, 3.05) is 14.2 Å². The number of hydrogen-bond acceptors (Lipinski definition) is 4. The van der Waals surface area contributed by atoms with E-state index in [0.717, 1.165) is 42.7 Å². The van der Waals surface area contributed by atoms with Crippen LogP contribution in [0.15, 0.2) is 18.2 Å². The molecule has 0 radical (unpaired) electrons. The molecular formula is C16H22O4. The summed E-state index contributed by atoms with van der Waals surface area (Å²) in [6.07, 6.45) is 4.34. The van der Waals surface area contributed by atoms with E-state index < -0.39 is 11.7 Å². The van der Waals surface area contributed by atoms with Gasteiger partial charge in [-0.1, -0.05) is 6.42 Å². The van der Waals surface area contributed by atoms with Crippen molar-refractivity contribution < 1.29 is 19.3 Å². The number of hydrogen-bond donors (Lipinski definition) is 1. The largest absolute Gasteiger partial charge is 0.497 e. The van der Waals surface area contributed by atoms with Crippen LogP contribution >= 0.6 is 0 Å². The Balaban J connectivity index is 1.97. The molecule has 110 valence electrons. The highest BCUT2D eigenvalue weighted by Crippen LogP contribution is 2.47. The van der Waals surface area contributed by atoms with Gasteiger partial charge in [-0.3, -0.25) is 0 Å². The lowest BCUT2D eigenvalue weighted by atomic mass is 9.75. The molecule has 1 N–H and O–H groups in total. The Morgan fingerprint density at radius 2 is 2.15 bits per heavy atom. The normalized spacial score (nSPS) is 32.5. The molecule has 1 aromatic carbocycles. The van der Waals surface area contributed by atoms with Crippen LogP contribution in [-0.4, -0.2) is 31.0 Å². The van der Waals surface area contributed by atoms with Crippen molar-refractivity contribution in [2.24, 2.45) is 0 Å². The molecule has 2 unspecified atom stereocenters. The summed E-state index contributed by atoms with van der Waals surface area (Å²) in [5.41, 5.74) is 0.447. The number of methoxy groups -OCH3 is 2. The molecule has 1 saturated carbocycles. The average Bonchev–Trinajstić information content (AvgIpc) is 2.47. The molecule has 20 heavy (non-hydrogen) atoms. The summed E-state index contributed by atoms with van der Waals surface area (Å²) >= 11 is 0. The van der Waals surface area contributed by atoms with E-state index in [1.807, 2.05) is 18.2 Å². The van der Waals surface area contributed by atoms with Crippen molar-refractivity contribution in [3.63, 3.8) is 0 Å². The van der Waals surface area contributed by atoms with E-state index in [2.05, 4.69) is 0 Å². The Labute approximate surface area is 119 Å². The van der Waals surface area contributed by atoms with Gasteiger partial charge in [0, 0.05) is 25.2 Å². The minimum Gasteiger partial charge on any atom is -0.497 e. The lowest BCUT2D eigenvalue weighted by molar-refractivity contribution is -0.130. The topological polar surface area (TPSA) is 47.9 Å². The lowest BCUT2D eigenvalue weighted by Crippen LogP contribution is -2.53. The van der Waals surface area contributed by atoms with Gasteiger partial charge in [-0.25, -0.2) is 0 Å². The van der Waals surface area contributed by atoms with E-state index >= 15 is 0 Å². The van der Waals surface area contributed by atoms with Gasteiger partial charge in [0.05, 0.1) is 19.3 Å². The Bertz CT molecular complexity index is 487. The van der Waals surface area contributed by atoms with Crippen LogP contribution in [0.5, 0.6) is 11.5 Å². The van der Waals surface area contributed by atoms with Crippen molar-refractivity contribution in [1.82, 2.24) is 0 Å². The van der Waals surface area contributed by atoms with Gasteiger partial charge in [0.15, 0.2) is 0 Å². The zero-order valence-electron chi connectivity index (χ0n) is 12.1. The van der Waals surface area contributed by atoms with Crippen LogP contribution in [0.2, 0.25) is 0 Å². The van der Waals surface area contributed by atoms with Crippen LogP contribution in [0.4, 0.5) is 0 Å². The van der Waals surface area contributed by atoms with E-state index in [9.17, 15) is 5.11 Å². The molecule has 3 rings (SSSR count). The number of aliphatic hydroxyl groups excluding tert-OH is 1. The second-order valence-corrected chi connectivity index (χ2v) is 5.76. The summed E-state index contributed by atoms with van der Waals surface area (Å²) < 4.78 is 17.2. The number of ether oxygens (including phenoxy) is 3. The summed E-state index contributed by atoms with van der Waals surface area (Å²) in [6, 6.07) is 5.61. The van der Waals surface area contributed by atoms with E-state index in [-0.39, 0.29) is 6.10 Å². The zero-order valence-corrected chi connectivity index (χ0v) is 12.1. The molecule has 4 heteroatoms. The third kappa shape index (κ3) is 2.17. The molecule has 1 aliphatic carbocycles. The first-order chi connectivity index (χ1) is 9.68. The second-order valence-electron chi connectivity index (χ2n) is 5.76. The van der Waals surface area contributed by atoms with E-state index in [0.29, 0.717) is 6.42 Å². The summed E-state index contributed by atoms with van der Waals surface area (Å²) in [5.74, 6) is 1.48. The molecule has 1 aliphatic heterocycles. The maximum atomic E-state index is 10.5. The standard InChI is InChI=1S/C16H22O4/c1-18-11-6-7-12-13(17)10-16(20-14(12)9-11)8-4-3-5-15(16)19-2/h6-7,9,13,15,17H,3-5,8,10H2,1-2H3/t13-,15?,16?/m1/s1. The maximum absolute atomic E-state index is 10.5. The van der Waals surface area contributed by atoms with Gasteiger partial charge in [0.2, 0.25) is 0 Å². The highest BCUT2D eigenvalue weighted by Gasteiger charge is 2.48. The first-order valence-electron chi connectivity index (χ1n) is 7.26. The summed E-state index contributed by atoms with van der Waals surface area (Å²) in [5, 5.41) is 10.5. The van der Waals surface area contributed by atoms with Crippen LogP contribution in [-0.2, 0) is 4.74 Å². The van der Waals surface area contributed by atoms with Gasteiger partial charge in [-0.05, 0) is 31.4 Å². The van der Waals surface area contributed by atoms with Gasteiger partial charge in [-0.2, -0.15) is 0 Å². The van der Waals surface area contributed by atoms with Crippen LogP contribution in [0, 0.1) is 0 Å². The highest BCUT2D eigenvalue weighted by atomic mass is 16.6. The molecule has 0 bridgehead atoms. The molecule has 0 aromatic heterocycles. The van der Waals surface area contributed by atoms with E-state index in [1.54, 1.807) is 14.2 Å². The smallest absolute Gasteiger partial charge is 0.138 e. The van der Waals surface area contributed by atoms with Crippen molar-refractivity contribution in [3.05, 3.63) is 23.8 Å². The van der Waals surface area contributed by atoms with Crippen molar-refractivity contribution in [1.29, 1.82) is 0 Å². The predicted octanol–water partition coefficient (Wildman–Crippen LogP) is 2.84. The molecule has 3 atom stereocenters. The zero-order chi connectivity index (χ0) is 14.2. The molecule has 1 spiro atoms. The van der Waals surface area contributed by atoms with Crippen molar-refractivity contribution in [3.8, 4) is 11.5 Å². The number of benzene rings is 1. The number of aliphatic hydroxyl groups is 1. The minimum atomic E-state index is -0.500. The summed E-state index contributed by atoms with van der Waals surface area (Å²) in [4.78, 5) is 0. The number of fused-ring (bicyclic) bond motifs is 1. The Morgan fingerprint density at radius 3 is 2.90 bits per heavy atom. The fourth-order valence-corrected chi connectivity index (χ4v) is 3.56. The van der Waals surface area contributed by atoms with Crippen LogP contribution in [0.25, 0.3) is 0 Å². The van der Waals surface area contributed by atoms with Crippen molar-refractivity contribution >= 4 is 0 Å². The highest BCUT2D eigenvalue weighted by molar-refractivity contribution is 5.44. The maximum Gasteiger partial charge on any atom is 0.138 e. The van der Waals surface area contributed by atoms with E-state index in [4.69, 9.17) is 14.2 Å². The Hall–Kier alpha value is -1.26. The van der Waals surface area contributed by atoms with Gasteiger partial charge in [0.25, 0.3) is 0 Å². The summed E-state index contributed by atoms with van der Waals surface area (Å²) in [6.45, 7) is 0. The fraction of sp³-hybridized carbons (Fsp3) is 0.625. The van der Waals surface area contributed by atoms with Crippen LogP contribution in [0.3, 0.4) is 0 Å². The van der Waals surface area contributed by atoms with Gasteiger partial charge in [-0.15, -0.1) is 0 Å². The molecule has 1 aromatic rings.